The lowest BCUT2D eigenvalue weighted by atomic mass is 10.3. The maximum Gasteiger partial charge on any atom is 0.391 e. The topological polar surface area (TPSA) is 156 Å². The van der Waals surface area contributed by atoms with Crippen LogP contribution in [0.1, 0.15) is 23.1 Å². The normalized spacial score (nSPS) is 10.7. The number of carbonyl (C=O) groups excluding carboxylic acids is 2. The highest BCUT2D eigenvalue weighted by molar-refractivity contribution is 7.39. The standard InChI is InChI=1S/C19H20N5O6P/c1-12(25)20-8-9-21-18(26)17-19(24-16-5-3-2-4-15(16)23-17)29-11-13-6-7-14(10-22-13)30-31(27)28/h2-7,10,27-28H,8-9,11H2,1H3,(H,20,25)(H,21,26). The summed E-state index contributed by atoms with van der Waals surface area (Å²) in [6, 6.07) is 10.2. The first-order valence-electron chi connectivity index (χ1n) is 9.15. The van der Waals surface area contributed by atoms with Crippen molar-refractivity contribution in [3.63, 3.8) is 0 Å². The first-order valence-corrected chi connectivity index (χ1v) is 10.3. The fraction of sp³-hybridized carbons (Fsp3) is 0.211. The molecule has 11 nitrogen and oxygen atoms in total. The number of fused-ring (bicyclic) bond motifs is 1. The van der Waals surface area contributed by atoms with Gasteiger partial charge in [-0.05, 0) is 24.3 Å². The van der Waals surface area contributed by atoms with Crippen molar-refractivity contribution in [3.05, 3.63) is 54.0 Å². The Morgan fingerprint density at radius 2 is 1.74 bits per heavy atom. The monoisotopic (exact) mass is 445 g/mol. The minimum absolute atomic E-state index is 0.00711. The van der Waals surface area contributed by atoms with Gasteiger partial charge in [0.05, 0.1) is 22.9 Å². The summed E-state index contributed by atoms with van der Waals surface area (Å²) in [5.41, 5.74) is 1.60. The number of amides is 2. The summed E-state index contributed by atoms with van der Waals surface area (Å²) < 4.78 is 10.5. The quantitative estimate of drug-likeness (QED) is 0.279. The van der Waals surface area contributed by atoms with Gasteiger partial charge in [0.2, 0.25) is 11.8 Å². The molecule has 0 aliphatic heterocycles. The van der Waals surface area contributed by atoms with E-state index in [4.69, 9.17) is 19.0 Å². The van der Waals surface area contributed by atoms with Crippen LogP contribution >= 0.6 is 8.60 Å². The van der Waals surface area contributed by atoms with E-state index in [0.29, 0.717) is 16.7 Å². The van der Waals surface area contributed by atoms with Crippen molar-refractivity contribution in [3.8, 4) is 11.6 Å². The van der Waals surface area contributed by atoms with Crippen LogP contribution in [0.25, 0.3) is 11.0 Å². The molecule has 0 spiro atoms. The van der Waals surface area contributed by atoms with Gasteiger partial charge in [0.15, 0.2) is 5.69 Å². The van der Waals surface area contributed by atoms with E-state index in [-0.39, 0.29) is 42.9 Å². The summed E-state index contributed by atoms with van der Waals surface area (Å²) in [4.78, 5) is 54.2. The molecule has 0 saturated heterocycles. The van der Waals surface area contributed by atoms with Gasteiger partial charge in [0.1, 0.15) is 12.4 Å². The highest BCUT2D eigenvalue weighted by Gasteiger charge is 2.18. The number of benzene rings is 1. The lowest BCUT2D eigenvalue weighted by molar-refractivity contribution is -0.118. The molecule has 0 bridgehead atoms. The lowest BCUT2D eigenvalue weighted by Crippen LogP contribution is -2.34. The van der Waals surface area contributed by atoms with E-state index >= 15 is 0 Å². The number of hydrogen-bond donors (Lipinski definition) is 4. The molecule has 0 aliphatic carbocycles. The molecule has 2 amide bonds. The zero-order chi connectivity index (χ0) is 22.2. The second-order valence-electron chi connectivity index (χ2n) is 6.22. The van der Waals surface area contributed by atoms with E-state index in [1.807, 2.05) is 0 Å². The minimum Gasteiger partial charge on any atom is -0.469 e. The number of rotatable bonds is 9. The van der Waals surface area contributed by atoms with Crippen LogP contribution in [0.4, 0.5) is 0 Å². The summed E-state index contributed by atoms with van der Waals surface area (Å²) in [5, 5.41) is 5.26. The van der Waals surface area contributed by atoms with Crippen molar-refractivity contribution in [2.24, 2.45) is 0 Å². The number of ether oxygens (including phenoxy) is 1. The van der Waals surface area contributed by atoms with Crippen molar-refractivity contribution < 1.29 is 28.6 Å². The van der Waals surface area contributed by atoms with Gasteiger partial charge in [0, 0.05) is 20.0 Å². The Morgan fingerprint density at radius 1 is 1.03 bits per heavy atom. The number of nitrogens with zero attached hydrogens (tertiary/aromatic N) is 3. The number of pyridine rings is 1. The van der Waals surface area contributed by atoms with Crippen LogP contribution in [-0.4, -0.2) is 49.6 Å². The van der Waals surface area contributed by atoms with E-state index < -0.39 is 14.5 Å². The zero-order valence-corrected chi connectivity index (χ0v) is 17.4. The Morgan fingerprint density at radius 3 is 2.39 bits per heavy atom. The largest absolute Gasteiger partial charge is 0.469 e. The third-order valence-electron chi connectivity index (χ3n) is 3.88. The van der Waals surface area contributed by atoms with E-state index in [2.05, 4.69) is 25.6 Å². The van der Waals surface area contributed by atoms with Gasteiger partial charge in [-0.2, -0.15) is 0 Å². The molecule has 3 aromatic rings. The van der Waals surface area contributed by atoms with Gasteiger partial charge >= 0.3 is 8.60 Å². The van der Waals surface area contributed by atoms with Crippen molar-refractivity contribution >= 4 is 31.5 Å². The molecular formula is C19H20N5O6P. The third kappa shape index (κ3) is 6.54. The van der Waals surface area contributed by atoms with Gasteiger partial charge in [-0.3, -0.25) is 14.6 Å². The molecule has 2 aromatic heterocycles. The fourth-order valence-electron chi connectivity index (χ4n) is 2.52. The highest BCUT2D eigenvalue weighted by atomic mass is 31.2. The Kier molecular flexibility index (Phi) is 7.60. The van der Waals surface area contributed by atoms with Crippen LogP contribution in [0, 0.1) is 0 Å². The van der Waals surface area contributed by atoms with Crippen LogP contribution in [0.15, 0.2) is 42.6 Å². The Bertz CT molecular complexity index is 1060. The molecule has 0 radical (unpaired) electrons. The Hall–Kier alpha value is -3.40. The van der Waals surface area contributed by atoms with Gasteiger partial charge in [-0.15, -0.1) is 0 Å². The van der Waals surface area contributed by atoms with Gasteiger partial charge in [-0.1, -0.05) is 12.1 Å². The van der Waals surface area contributed by atoms with Gasteiger partial charge < -0.3 is 29.7 Å². The lowest BCUT2D eigenvalue weighted by Gasteiger charge is -2.12. The van der Waals surface area contributed by atoms with Crippen LogP contribution in [-0.2, 0) is 11.4 Å². The maximum absolute atomic E-state index is 12.6. The van der Waals surface area contributed by atoms with Crippen LogP contribution < -0.4 is 19.9 Å². The highest BCUT2D eigenvalue weighted by Crippen LogP contribution is 2.28. The predicted octanol–water partition coefficient (Wildman–Crippen LogP) is 1.06. The summed E-state index contributed by atoms with van der Waals surface area (Å²) >= 11 is 0. The van der Waals surface area contributed by atoms with Crippen molar-refractivity contribution in [1.29, 1.82) is 0 Å². The van der Waals surface area contributed by atoms with Gasteiger partial charge in [-0.25, -0.2) is 9.97 Å². The Balaban J connectivity index is 1.75. The van der Waals surface area contributed by atoms with Crippen LogP contribution in [0.5, 0.6) is 11.6 Å². The summed E-state index contributed by atoms with van der Waals surface area (Å²) in [7, 11) is -2.53. The molecule has 0 saturated carbocycles. The van der Waals surface area contributed by atoms with Gasteiger partial charge in [0.25, 0.3) is 5.91 Å². The second-order valence-corrected chi connectivity index (χ2v) is 6.91. The molecule has 162 valence electrons. The fourth-order valence-corrected chi connectivity index (χ4v) is 2.81. The SMILES string of the molecule is CC(=O)NCCNC(=O)c1nc2ccccc2nc1OCc1ccc(OP(O)O)cn1. The molecule has 0 atom stereocenters. The molecule has 2 heterocycles. The summed E-state index contributed by atoms with van der Waals surface area (Å²) in [6.07, 6.45) is 1.32. The van der Waals surface area contributed by atoms with E-state index in [9.17, 15) is 9.59 Å². The van der Waals surface area contributed by atoms with Crippen molar-refractivity contribution in [2.45, 2.75) is 13.5 Å². The molecule has 31 heavy (non-hydrogen) atoms. The zero-order valence-electron chi connectivity index (χ0n) is 16.5. The molecule has 4 N–H and O–H groups in total. The minimum atomic E-state index is -2.53. The molecule has 0 aliphatic rings. The molecule has 1 aromatic carbocycles. The smallest absolute Gasteiger partial charge is 0.391 e. The molecule has 0 fully saturated rings. The molecular weight excluding hydrogens is 425 g/mol. The first-order chi connectivity index (χ1) is 14.9. The third-order valence-corrected chi connectivity index (χ3v) is 4.25. The number of hydrogen-bond acceptors (Lipinski definition) is 9. The van der Waals surface area contributed by atoms with Crippen molar-refractivity contribution in [2.75, 3.05) is 13.1 Å². The predicted molar refractivity (Wildman–Crippen MR) is 111 cm³/mol. The number of aromatic nitrogens is 3. The average Bonchev–Trinajstić information content (AvgIpc) is 2.75. The maximum atomic E-state index is 12.6. The van der Waals surface area contributed by atoms with Crippen LogP contribution in [0.3, 0.4) is 0 Å². The van der Waals surface area contributed by atoms with Crippen LogP contribution in [0.2, 0.25) is 0 Å². The Labute approximate surface area is 178 Å². The summed E-state index contributed by atoms with van der Waals surface area (Å²) in [5.74, 6) is -0.450. The van der Waals surface area contributed by atoms with E-state index in [0.717, 1.165) is 0 Å². The number of nitrogens with one attached hydrogen (secondary N) is 2. The second kappa shape index (κ2) is 10.6. The molecule has 3 rings (SSSR count). The number of para-hydroxylation sites is 2. The summed E-state index contributed by atoms with van der Waals surface area (Å²) in [6.45, 7) is 1.88. The van der Waals surface area contributed by atoms with E-state index in [1.54, 1.807) is 30.3 Å². The first kappa shape index (κ1) is 22.3. The van der Waals surface area contributed by atoms with Crippen molar-refractivity contribution in [1.82, 2.24) is 25.6 Å². The molecule has 0 unspecified atom stereocenters. The number of carbonyl (C=O) groups is 2. The molecule has 12 heteroatoms. The average molecular weight is 445 g/mol. The van der Waals surface area contributed by atoms with E-state index in [1.165, 1.54) is 19.2 Å².